The minimum atomic E-state index is -0.182. The van der Waals surface area contributed by atoms with Gasteiger partial charge in [-0.25, -0.2) is 0 Å². The molecule has 1 heterocycles. The summed E-state index contributed by atoms with van der Waals surface area (Å²) in [5.74, 6) is 0.430. The second-order valence-electron chi connectivity index (χ2n) is 4.66. The van der Waals surface area contributed by atoms with Crippen molar-refractivity contribution in [2.75, 3.05) is 19.0 Å². The maximum absolute atomic E-state index is 11.9. The summed E-state index contributed by atoms with van der Waals surface area (Å²) in [4.78, 5) is 16.0. The Morgan fingerprint density at radius 2 is 2.05 bits per heavy atom. The highest BCUT2D eigenvalue weighted by Crippen LogP contribution is 2.28. The fraction of sp³-hybridized carbons (Fsp3) is 0.250. The molecule has 1 aromatic carbocycles. The maximum Gasteiger partial charge on any atom is 0.269 e. The Morgan fingerprint density at radius 3 is 2.73 bits per heavy atom. The lowest BCUT2D eigenvalue weighted by atomic mass is 10.2. The number of carbonyl (C=O) groups excluding carboxylic acids is 1. The van der Waals surface area contributed by atoms with Gasteiger partial charge in [-0.3, -0.25) is 9.78 Å². The fourth-order valence-corrected chi connectivity index (χ4v) is 2.13. The van der Waals surface area contributed by atoms with E-state index < -0.39 is 0 Å². The van der Waals surface area contributed by atoms with E-state index >= 15 is 0 Å². The van der Waals surface area contributed by atoms with Crippen molar-refractivity contribution in [2.45, 2.75) is 13.3 Å². The smallest absolute Gasteiger partial charge is 0.269 e. The summed E-state index contributed by atoms with van der Waals surface area (Å²) < 4.78 is 5.12. The molecule has 0 unspecified atom stereocenters. The van der Waals surface area contributed by atoms with Crippen molar-refractivity contribution in [2.24, 2.45) is 0 Å². The fourth-order valence-electron chi connectivity index (χ4n) is 1.87. The Morgan fingerprint density at radius 1 is 1.27 bits per heavy atom. The molecule has 2 aromatic rings. The number of rotatable bonds is 6. The summed E-state index contributed by atoms with van der Waals surface area (Å²) in [6.45, 7) is 2.63. The molecule has 0 spiro atoms. The highest BCUT2D eigenvalue weighted by atomic mass is 35.5. The first-order valence-electron chi connectivity index (χ1n) is 6.99. The van der Waals surface area contributed by atoms with Gasteiger partial charge in [0.15, 0.2) is 0 Å². The molecule has 5 nitrogen and oxygen atoms in total. The lowest BCUT2D eigenvalue weighted by molar-refractivity contribution is 0.0949. The molecular formula is C16H18ClN3O2. The predicted molar refractivity (Wildman–Crippen MR) is 88.1 cm³/mol. The third-order valence-corrected chi connectivity index (χ3v) is 3.26. The third kappa shape index (κ3) is 4.11. The molecule has 2 N–H and O–H groups in total. The van der Waals surface area contributed by atoms with Gasteiger partial charge in [0.05, 0.1) is 12.1 Å². The molecule has 0 bridgehead atoms. The van der Waals surface area contributed by atoms with Crippen molar-refractivity contribution in [3.05, 3.63) is 47.2 Å². The van der Waals surface area contributed by atoms with E-state index in [2.05, 4.69) is 15.6 Å². The second-order valence-corrected chi connectivity index (χ2v) is 5.07. The average molecular weight is 320 g/mol. The summed E-state index contributed by atoms with van der Waals surface area (Å²) in [5, 5.41) is 6.50. The zero-order chi connectivity index (χ0) is 15.9. The van der Waals surface area contributed by atoms with Gasteiger partial charge in [0.25, 0.3) is 5.91 Å². The van der Waals surface area contributed by atoms with E-state index in [-0.39, 0.29) is 5.91 Å². The quantitative estimate of drug-likeness (QED) is 0.853. The molecule has 0 radical (unpaired) electrons. The Balaban J connectivity index is 2.13. The van der Waals surface area contributed by atoms with E-state index in [0.717, 1.165) is 17.8 Å². The van der Waals surface area contributed by atoms with Crippen LogP contribution in [0.25, 0.3) is 0 Å². The number of methoxy groups -OCH3 is 1. The molecule has 0 aliphatic carbocycles. The van der Waals surface area contributed by atoms with Crippen LogP contribution in [0.5, 0.6) is 5.75 Å². The minimum Gasteiger partial charge on any atom is -0.495 e. The Kier molecular flexibility index (Phi) is 5.61. The molecule has 0 aliphatic heterocycles. The number of anilines is 2. The number of amides is 1. The zero-order valence-electron chi connectivity index (χ0n) is 12.5. The number of halogens is 1. The molecule has 0 atom stereocenters. The Bertz CT molecular complexity index is 662. The topological polar surface area (TPSA) is 63.2 Å². The highest BCUT2D eigenvalue weighted by Gasteiger charge is 2.08. The number of nitrogens with one attached hydrogen (secondary N) is 2. The predicted octanol–water partition coefficient (Wildman–Crippen LogP) is 3.63. The van der Waals surface area contributed by atoms with E-state index in [9.17, 15) is 4.79 Å². The maximum atomic E-state index is 11.9. The molecule has 116 valence electrons. The minimum absolute atomic E-state index is 0.182. The van der Waals surface area contributed by atoms with Gasteiger partial charge in [-0.2, -0.15) is 0 Å². The number of benzene rings is 1. The number of pyridine rings is 1. The number of hydrogen-bond donors (Lipinski definition) is 2. The molecule has 0 saturated carbocycles. The van der Waals surface area contributed by atoms with E-state index in [1.54, 1.807) is 37.6 Å². The number of aromatic nitrogens is 1. The van der Waals surface area contributed by atoms with E-state index in [0.29, 0.717) is 23.0 Å². The monoisotopic (exact) mass is 319 g/mol. The van der Waals surface area contributed by atoms with E-state index in [1.165, 1.54) is 0 Å². The van der Waals surface area contributed by atoms with Crippen LogP contribution in [0, 0.1) is 0 Å². The zero-order valence-corrected chi connectivity index (χ0v) is 13.3. The Hall–Kier alpha value is -2.27. The molecule has 22 heavy (non-hydrogen) atoms. The molecule has 6 heteroatoms. The first-order valence-corrected chi connectivity index (χ1v) is 7.36. The molecule has 1 aromatic heterocycles. The lowest BCUT2D eigenvalue weighted by Gasteiger charge is -2.10. The van der Waals surface area contributed by atoms with Crippen LogP contribution >= 0.6 is 11.6 Å². The summed E-state index contributed by atoms with van der Waals surface area (Å²) in [6, 6.07) is 8.87. The van der Waals surface area contributed by atoms with Crippen LogP contribution in [0.2, 0.25) is 5.02 Å². The van der Waals surface area contributed by atoms with Crippen LogP contribution in [0.15, 0.2) is 36.5 Å². The van der Waals surface area contributed by atoms with Gasteiger partial charge in [0.1, 0.15) is 11.4 Å². The normalized spacial score (nSPS) is 10.1. The summed E-state index contributed by atoms with van der Waals surface area (Å²) >= 11 is 6.09. The van der Waals surface area contributed by atoms with Crippen LogP contribution in [0.1, 0.15) is 23.8 Å². The van der Waals surface area contributed by atoms with Crippen molar-refractivity contribution in [3.8, 4) is 5.75 Å². The van der Waals surface area contributed by atoms with Gasteiger partial charge in [0.2, 0.25) is 0 Å². The molecule has 1 amide bonds. The summed E-state index contributed by atoms with van der Waals surface area (Å²) in [5.41, 5.74) is 1.94. The first kappa shape index (κ1) is 16.1. The van der Waals surface area contributed by atoms with Gasteiger partial charge in [-0.1, -0.05) is 18.5 Å². The highest BCUT2D eigenvalue weighted by molar-refractivity contribution is 6.32. The number of nitrogens with zero attached hydrogens (tertiary/aromatic N) is 1. The van der Waals surface area contributed by atoms with E-state index in [4.69, 9.17) is 16.3 Å². The van der Waals surface area contributed by atoms with Crippen molar-refractivity contribution < 1.29 is 9.53 Å². The van der Waals surface area contributed by atoms with Crippen LogP contribution in [-0.2, 0) is 0 Å². The molecule has 0 saturated heterocycles. The van der Waals surface area contributed by atoms with Gasteiger partial charge in [0, 0.05) is 24.1 Å². The molecule has 2 rings (SSSR count). The van der Waals surface area contributed by atoms with Crippen molar-refractivity contribution in [1.29, 1.82) is 0 Å². The molecular weight excluding hydrogens is 302 g/mol. The van der Waals surface area contributed by atoms with Gasteiger partial charge >= 0.3 is 0 Å². The van der Waals surface area contributed by atoms with Gasteiger partial charge in [-0.15, -0.1) is 0 Å². The summed E-state index contributed by atoms with van der Waals surface area (Å²) in [7, 11) is 1.57. The second kappa shape index (κ2) is 7.66. The molecule has 0 aliphatic rings. The summed E-state index contributed by atoms with van der Waals surface area (Å²) in [6.07, 6.45) is 2.47. The van der Waals surface area contributed by atoms with Crippen LogP contribution in [0.3, 0.4) is 0 Å². The standard InChI is InChI=1S/C16H18ClN3O2/c1-3-7-19-16(21)14-10-12(6-8-18-14)20-11-4-5-15(22-2)13(17)9-11/h4-6,8-10H,3,7H2,1-2H3,(H,18,20)(H,19,21). The number of hydrogen-bond acceptors (Lipinski definition) is 4. The van der Waals surface area contributed by atoms with Crippen molar-refractivity contribution in [1.82, 2.24) is 10.3 Å². The number of carbonyl (C=O) groups is 1. The lowest BCUT2D eigenvalue weighted by Crippen LogP contribution is -2.24. The third-order valence-electron chi connectivity index (χ3n) is 2.97. The van der Waals surface area contributed by atoms with Crippen LogP contribution in [-0.4, -0.2) is 24.5 Å². The van der Waals surface area contributed by atoms with Gasteiger partial charge in [-0.05, 0) is 36.8 Å². The largest absolute Gasteiger partial charge is 0.495 e. The average Bonchev–Trinajstić information content (AvgIpc) is 2.53. The Labute approximate surface area is 134 Å². The first-order chi connectivity index (χ1) is 10.6. The van der Waals surface area contributed by atoms with Crippen LogP contribution < -0.4 is 15.4 Å². The van der Waals surface area contributed by atoms with Gasteiger partial charge < -0.3 is 15.4 Å². The van der Waals surface area contributed by atoms with E-state index in [1.807, 2.05) is 13.0 Å². The molecule has 0 fully saturated rings. The number of ether oxygens (including phenoxy) is 1. The van der Waals surface area contributed by atoms with Crippen molar-refractivity contribution >= 4 is 28.9 Å². The van der Waals surface area contributed by atoms with Crippen LogP contribution in [0.4, 0.5) is 11.4 Å². The van der Waals surface area contributed by atoms with Crippen molar-refractivity contribution in [3.63, 3.8) is 0 Å². The SMILES string of the molecule is CCCNC(=O)c1cc(Nc2ccc(OC)c(Cl)c2)ccn1.